The number of carbonyl (C=O) groups excluding carboxylic acids is 1. The van der Waals surface area contributed by atoms with Gasteiger partial charge in [-0.25, -0.2) is 4.98 Å². The van der Waals surface area contributed by atoms with Gasteiger partial charge in [-0.2, -0.15) is 0 Å². The van der Waals surface area contributed by atoms with Crippen LogP contribution in [-0.4, -0.2) is 40.1 Å². The van der Waals surface area contributed by atoms with Crippen molar-refractivity contribution in [3.05, 3.63) is 64.2 Å². The summed E-state index contributed by atoms with van der Waals surface area (Å²) in [7, 11) is 0. The maximum absolute atomic E-state index is 13.1. The molecule has 0 radical (unpaired) electrons. The highest BCUT2D eigenvalue weighted by Gasteiger charge is 2.30. The Balaban J connectivity index is 1.32. The van der Waals surface area contributed by atoms with Gasteiger partial charge in [0.15, 0.2) is 11.5 Å². The van der Waals surface area contributed by atoms with Crippen LogP contribution in [0.2, 0.25) is 0 Å². The van der Waals surface area contributed by atoms with Gasteiger partial charge in [-0.15, -0.1) is 0 Å². The number of benzene rings is 2. The molecule has 0 bridgehead atoms. The van der Waals surface area contributed by atoms with E-state index in [9.17, 15) is 9.59 Å². The van der Waals surface area contributed by atoms with Gasteiger partial charge in [0.25, 0.3) is 5.56 Å². The maximum atomic E-state index is 13.1. The molecule has 1 saturated heterocycles. The zero-order chi connectivity index (χ0) is 21.4. The van der Waals surface area contributed by atoms with Crippen LogP contribution in [0, 0.1) is 6.92 Å². The molecule has 3 aromatic rings. The van der Waals surface area contributed by atoms with Gasteiger partial charge >= 0.3 is 0 Å². The van der Waals surface area contributed by atoms with Gasteiger partial charge < -0.3 is 14.4 Å². The summed E-state index contributed by atoms with van der Waals surface area (Å²) in [6, 6.07) is 11.5. The summed E-state index contributed by atoms with van der Waals surface area (Å²) in [5.74, 6) is 1.55. The second-order valence-electron chi connectivity index (χ2n) is 8.11. The summed E-state index contributed by atoms with van der Waals surface area (Å²) in [6.07, 6.45) is 3.69. The van der Waals surface area contributed by atoms with E-state index in [0.29, 0.717) is 30.7 Å². The zero-order valence-electron chi connectivity index (χ0n) is 17.5. The minimum Gasteiger partial charge on any atom is -0.486 e. The lowest BCUT2D eigenvalue weighted by Crippen LogP contribution is -2.32. The minimum absolute atomic E-state index is 0.0254. The number of nitrogens with zero attached hydrogens (tertiary/aromatic N) is 3. The lowest BCUT2D eigenvalue weighted by atomic mass is 10.0. The zero-order valence-corrected chi connectivity index (χ0v) is 17.5. The first-order valence-corrected chi connectivity index (χ1v) is 10.8. The van der Waals surface area contributed by atoms with Crippen LogP contribution in [0.4, 0.5) is 0 Å². The Morgan fingerprint density at radius 2 is 2.00 bits per heavy atom. The van der Waals surface area contributed by atoms with Crippen molar-refractivity contribution in [2.75, 3.05) is 19.8 Å². The molecule has 31 heavy (non-hydrogen) atoms. The van der Waals surface area contributed by atoms with Crippen LogP contribution in [-0.2, 0) is 11.3 Å². The number of likely N-dealkylation sites (tertiary alicyclic amines) is 1. The van der Waals surface area contributed by atoms with E-state index >= 15 is 0 Å². The third kappa shape index (κ3) is 3.65. The molecule has 1 aromatic heterocycles. The molecule has 7 heteroatoms. The topological polar surface area (TPSA) is 73.7 Å². The average molecular weight is 419 g/mol. The molecule has 3 heterocycles. The third-order valence-corrected chi connectivity index (χ3v) is 6.15. The molecule has 2 aromatic carbocycles. The largest absolute Gasteiger partial charge is 0.486 e. The lowest BCUT2D eigenvalue weighted by Gasteiger charge is -2.27. The van der Waals surface area contributed by atoms with Crippen LogP contribution in [0.3, 0.4) is 0 Å². The van der Waals surface area contributed by atoms with Crippen molar-refractivity contribution in [2.45, 2.75) is 38.8 Å². The van der Waals surface area contributed by atoms with Crippen LogP contribution in [0.15, 0.2) is 47.5 Å². The molecule has 2 aliphatic heterocycles. The summed E-state index contributed by atoms with van der Waals surface area (Å²) < 4.78 is 12.9. The number of aryl methyl sites for hydroxylation is 2. The molecule has 0 spiro atoms. The van der Waals surface area contributed by atoms with Gasteiger partial charge in [0.2, 0.25) is 5.91 Å². The van der Waals surface area contributed by atoms with Gasteiger partial charge in [0, 0.05) is 19.5 Å². The monoisotopic (exact) mass is 419 g/mol. The molecule has 1 atom stereocenters. The fourth-order valence-electron chi connectivity index (χ4n) is 4.54. The molecule has 160 valence electrons. The molecule has 1 unspecified atom stereocenters. The van der Waals surface area contributed by atoms with Crippen molar-refractivity contribution in [2.24, 2.45) is 0 Å². The number of hydrogen-bond donors (Lipinski definition) is 0. The van der Waals surface area contributed by atoms with E-state index in [-0.39, 0.29) is 23.9 Å². The second kappa shape index (κ2) is 8.06. The normalized spacial score (nSPS) is 17.8. The van der Waals surface area contributed by atoms with Crippen LogP contribution in [0.5, 0.6) is 11.5 Å². The van der Waals surface area contributed by atoms with Crippen molar-refractivity contribution >= 4 is 16.8 Å². The summed E-state index contributed by atoms with van der Waals surface area (Å²) in [6.45, 7) is 4.08. The number of amides is 1. The predicted octanol–water partition coefficient (Wildman–Crippen LogP) is 3.23. The summed E-state index contributed by atoms with van der Waals surface area (Å²) in [4.78, 5) is 32.2. The van der Waals surface area contributed by atoms with Gasteiger partial charge in [0.05, 0.1) is 23.3 Å². The standard InChI is InChI=1S/C24H25N3O4/c1-16-4-2-5-18-23(16)25-15-26(24(18)29)11-9-22(28)27-10-3-6-19(27)17-7-8-20-21(14-17)31-13-12-30-20/h2,4-5,7-8,14-15,19H,3,6,9-13H2,1H3. The van der Waals surface area contributed by atoms with Gasteiger partial charge in [-0.3, -0.25) is 14.2 Å². The van der Waals surface area contributed by atoms with E-state index in [2.05, 4.69) is 4.98 Å². The van der Waals surface area contributed by atoms with Gasteiger partial charge in [-0.1, -0.05) is 18.2 Å². The predicted molar refractivity (Wildman–Crippen MR) is 116 cm³/mol. The minimum atomic E-state index is -0.105. The number of aromatic nitrogens is 2. The van der Waals surface area contributed by atoms with Crippen molar-refractivity contribution in [1.82, 2.24) is 14.5 Å². The number of para-hydroxylation sites is 1. The fraction of sp³-hybridized carbons (Fsp3) is 0.375. The Labute approximate surface area is 180 Å². The Morgan fingerprint density at radius 3 is 2.87 bits per heavy atom. The Morgan fingerprint density at radius 1 is 1.16 bits per heavy atom. The van der Waals surface area contributed by atoms with Crippen molar-refractivity contribution in [3.8, 4) is 11.5 Å². The highest BCUT2D eigenvalue weighted by Crippen LogP contribution is 2.38. The maximum Gasteiger partial charge on any atom is 0.261 e. The molecular formula is C24H25N3O4. The Bertz CT molecular complexity index is 1200. The molecule has 2 aliphatic rings. The summed E-state index contributed by atoms with van der Waals surface area (Å²) >= 11 is 0. The van der Waals surface area contributed by atoms with E-state index in [4.69, 9.17) is 9.47 Å². The number of hydrogen-bond acceptors (Lipinski definition) is 5. The number of rotatable bonds is 4. The SMILES string of the molecule is Cc1cccc2c(=O)n(CCC(=O)N3CCCC3c3ccc4c(c3)OCCO4)cnc12. The molecule has 1 amide bonds. The molecular weight excluding hydrogens is 394 g/mol. The lowest BCUT2D eigenvalue weighted by molar-refractivity contribution is -0.132. The molecule has 0 N–H and O–H groups in total. The molecule has 7 nitrogen and oxygen atoms in total. The van der Waals surface area contributed by atoms with E-state index < -0.39 is 0 Å². The first-order valence-electron chi connectivity index (χ1n) is 10.8. The molecule has 0 saturated carbocycles. The molecule has 0 aliphatic carbocycles. The van der Waals surface area contributed by atoms with Gasteiger partial charge in [-0.05, 0) is 49.1 Å². The Kier molecular flexibility index (Phi) is 5.10. The summed E-state index contributed by atoms with van der Waals surface area (Å²) in [5.41, 5.74) is 2.65. The van der Waals surface area contributed by atoms with Gasteiger partial charge in [0.1, 0.15) is 13.2 Å². The van der Waals surface area contributed by atoms with Crippen molar-refractivity contribution in [1.29, 1.82) is 0 Å². The smallest absolute Gasteiger partial charge is 0.261 e. The first kappa shape index (κ1) is 19.6. The number of fused-ring (bicyclic) bond motifs is 2. The third-order valence-electron chi connectivity index (χ3n) is 6.15. The van der Waals surface area contributed by atoms with Crippen molar-refractivity contribution in [3.63, 3.8) is 0 Å². The van der Waals surface area contributed by atoms with E-state index in [1.807, 2.05) is 42.2 Å². The number of ether oxygens (including phenoxy) is 2. The van der Waals surface area contributed by atoms with E-state index in [1.165, 1.54) is 4.57 Å². The number of carbonyl (C=O) groups is 1. The van der Waals surface area contributed by atoms with Crippen LogP contribution in [0.1, 0.15) is 36.4 Å². The highest BCUT2D eigenvalue weighted by molar-refractivity contribution is 5.80. The van der Waals surface area contributed by atoms with Crippen LogP contribution in [0.25, 0.3) is 10.9 Å². The van der Waals surface area contributed by atoms with Crippen LogP contribution >= 0.6 is 0 Å². The van der Waals surface area contributed by atoms with Crippen molar-refractivity contribution < 1.29 is 14.3 Å². The Hall–Kier alpha value is -3.35. The second-order valence-corrected chi connectivity index (χ2v) is 8.11. The van der Waals surface area contributed by atoms with Crippen LogP contribution < -0.4 is 15.0 Å². The van der Waals surface area contributed by atoms with E-state index in [1.54, 1.807) is 12.4 Å². The molecule has 5 rings (SSSR count). The first-order chi connectivity index (χ1) is 15.1. The average Bonchev–Trinajstić information content (AvgIpc) is 3.29. The summed E-state index contributed by atoms with van der Waals surface area (Å²) in [5, 5.41) is 0.588. The quantitative estimate of drug-likeness (QED) is 0.649. The van der Waals surface area contributed by atoms with E-state index in [0.717, 1.165) is 42.0 Å². The highest BCUT2D eigenvalue weighted by atomic mass is 16.6. The fourth-order valence-corrected chi connectivity index (χ4v) is 4.54. The molecule has 1 fully saturated rings.